The lowest BCUT2D eigenvalue weighted by Crippen LogP contribution is -1.85. The van der Waals surface area contributed by atoms with Crippen molar-refractivity contribution in [3.8, 4) is 5.75 Å². The molecule has 1 aromatic rings. The van der Waals surface area contributed by atoms with E-state index < -0.39 is 17.7 Å². The van der Waals surface area contributed by atoms with Gasteiger partial charge in [0.25, 0.3) is 6.43 Å². The van der Waals surface area contributed by atoms with Gasteiger partial charge in [-0.1, -0.05) is 23.2 Å². The van der Waals surface area contributed by atoms with Crippen LogP contribution in [-0.4, -0.2) is 5.11 Å². The summed E-state index contributed by atoms with van der Waals surface area (Å²) >= 11 is 10.9. The van der Waals surface area contributed by atoms with Crippen molar-refractivity contribution in [3.05, 3.63) is 27.7 Å². The molecule has 1 aromatic carbocycles. The number of aromatic hydroxyl groups is 1. The summed E-state index contributed by atoms with van der Waals surface area (Å²) in [6.45, 7) is 0. The van der Waals surface area contributed by atoms with Crippen LogP contribution in [0.5, 0.6) is 5.75 Å². The van der Waals surface area contributed by atoms with Crippen molar-refractivity contribution in [2.45, 2.75) is 6.43 Å². The summed E-state index contributed by atoms with van der Waals surface area (Å²) < 4.78 is 24.2. The highest BCUT2D eigenvalue weighted by Crippen LogP contribution is 2.34. The zero-order chi connectivity index (χ0) is 9.30. The molecule has 0 bridgehead atoms. The van der Waals surface area contributed by atoms with E-state index in [9.17, 15) is 8.78 Å². The highest BCUT2D eigenvalue weighted by atomic mass is 35.5. The second-order valence-electron chi connectivity index (χ2n) is 2.13. The number of hydrogen-bond donors (Lipinski definition) is 1. The Morgan fingerprint density at radius 2 is 1.67 bits per heavy atom. The Morgan fingerprint density at radius 1 is 1.17 bits per heavy atom. The van der Waals surface area contributed by atoms with Gasteiger partial charge in [-0.25, -0.2) is 8.78 Å². The summed E-state index contributed by atoms with van der Waals surface area (Å²) in [7, 11) is 0. The molecule has 5 heteroatoms. The largest absolute Gasteiger partial charge is 0.507 e. The third kappa shape index (κ3) is 1.79. The lowest BCUT2D eigenvalue weighted by Gasteiger charge is -2.04. The summed E-state index contributed by atoms with van der Waals surface area (Å²) in [6, 6.07) is 1.94. The zero-order valence-corrected chi connectivity index (χ0v) is 7.20. The molecule has 0 aliphatic heterocycles. The molecule has 12 heavy (non-hydrogen) atoms. The van der Waals surface area contributed by atoms with Gasteiger partial charge in [-0.15, -0.1) is 0 Å². The molecule has 0 heterocycles. The van der Waals surface area contributed by atoms with Gasteiger partial charge < -0.3 is 5.11 Å². The van der Waals surface area contributed by atoms with Gasteiger partial charge in [-0.05, 0) is 6.07 Å². The number of phenols is 1. The third-order valence-corrected chi connectivity index (χ3v) is 2.03. The molecule has 0 radical (unpaired) electrons. The van der Waals surface area contributed by atoms with Crippen LogP contribution >= 0.6 is 23.2 Å². The Hall–Kier alpha value is -0.540. The molecule has 0 atom stereocenters. The van der Waals surface area contributed by atoms with Gasteiger partial charge in [-0.2, -0.15) is 0 Å². The molecule has 1 rings (SSSR count). The summed E-state index contributed by atoms with van der Waals surface area (Å²) in [5.74, 6) is -0.542. The Morgan fingerprint density at radius 3 is 2.17 bits per heavy atom. The Labute approximate surface area is 77.5 Å². The van der Waals surface area contributed by atoms with E-state index in [0.717, 1.165) is 12.1 Å². The van der Waals surface area contributed by atoms with Gasteiger partial charge in [0.1, 0.15) is 5.75 Å². The van der Waals surface area contributed by atoms with Crippen molar-refractivity contribution in [1.82, 2.24) is 0 Å². The average Bonchev–Trinajstić information content (AvgIpc) is 1.96. The predicted molar refractivity (Wildman–Crippen MR) is 43.1 cm³/mol. The molecule has 66 valence electrons. The third-order valence-electron chi connectivity index (χ3n) is 1.30. The molecule has 0 saturated heterocycles. The fourth-order valence-corrected chi connectivity index (χ4v) is 1.06. The van der Waals surface area contributed by atoms with Crippen LogP contribution in [0, 0.1) is 0 Å². The predicted octanol–water partition coefficient (Wildman–Crippen LogP) is 3.64. The van der Waals surface area contributed by atoms with Crippen LogP contribution in [0.3, 0.4) is 0 Å². The number of halogens is 4. The first-order valence-electron chi connectivity index (χ1n) is 2.98. The van der Waals surface area contributed by atoms with Gasteiger partial charge >= 0.3 is 0 Å². The summed E-state index contributed by atoms with van der Waals surface area (Å²) in [6.07, 6.45) is -2.75. The smallest absolute Gasteiger partial charge is 0.267 e. The van der Waals surface area contributed by atoms with Crippen molar-refractivity contribution >= 4 is 23.2 Å². The van der Waals surface area contributed by atoms with E-state index >= 15 is 0 Å². The topological polar surface area (TPSA) is 20.2 Å². The fraction of sp³-hybridized carbons (Fsp3) is 0.143. The van der Waals surface area contributed by atoms with Crippen LogP contribution in [-0.2, 0) is 0 Å². The van der Waals surface area contributed by atoms with E-state index in [1.165, 1.54) is 0 Å². The Balaban J connectivity index is 3.23. The normalized spacial score (nSPS) is 10.8. The maximum absolute atomic E-state index is 12.1. The summed E-state index contributed by atoms with van der Waals surface area (Å²) in [5, 5.41) is 9.02. The minimum absolute atomic E-state index is 0.00441. The zero-order valence-electron chi connectivity index (χ0n) is 5.69. The quantitative estimate of drug-likeness (QED) is 0.754. The molecule has 1 N–H and O–H groups in total. The number of rotatable bonds is 1. The van der Waals surface area contributed by atoms with Crippen LogP contribution < -0.4 is 0 Å². The van der Waals surface area contributed by atoms with E-state index in [4.69, 9.17) is 28.3 Å². The fourth-order valence-electron chi connectivity index (χ4n) is 0.727. The first-order chi connectivity index (χ1) is 5.52. The minimum Gasteiger partial charge on any atom is -0.507 e. The van der Waals surface area contributed by atoms with Crippen LogP contribution in [0.25, 0.3) is 0 Å². The summed E-state index contributed by atoms with van der Waals surface area (Å²) in [5.41, 5.74) is -0.510. The molecule has 0 unspecified atom stereocenters. The lowest BCUT2D eigenvalue weighted by molar-refractivity contribution is 0.147. The van der Waals surface area contributed by atoms with E-state index in [2.05, 4.69) is 0 Å². The first-order valence-corrected chi connectivity index (χ1v) is 3.74. The monoisotopic (exact) mass is 212 g/mol. The van der Waals surface area contributed by atoms with Crippen LogP contribution in [0.2, 0.25) is 10.0 Å². The van der Waals surface area contributed by atoms with E-state index in [1.807, 2.05) is 0 Å². The molecule has 0 aliphatic rings. The van der Waals surface area contributed by atoms with Crippen LogP contribution in [0.1, 0.15) is 12.0 Å². The average molecular weight is 213 g/mol. The van der Waals surface area contributed by atoms with Crippen molar-refractivity contribution in [1.29, 1.82) is 0 Å². The van der Waals surface area contributed by atoms with Crippen molar-refractivity contribution in [3.63, 3.8) is 0 Å². The highest BCUT2D eigenvalue weighted by Gasteiger charge is 2.14. The van der Waals surface area contributed by atoms with E-state index in [0.29, 0.717) is 0 Å². The first kappa shape index (κ1) is 9.55. The van der Waals surface area contributed by atoms with Crippen LogP contribution in [0.4, 0.5) is 8.78 Å². The van der Waals surface area contributed by atoms with Gasteiger partial charge in [0.2, 0.25) is 0 Å². The number of hydrogen-bond acceptors (Lipinski definition) is 1. The molecule has 0 aromatic heterocycles. The van der Waals surface area contributed by atoms with Gasteiger partial charge in [0.05, 0.1) is 15.6 Å². The van der Waals surface area contributed by atoms with Gasteiger partial charge in [0, 0.05) is 6.07 Å². The standard InChI is InChI=1S/C7H4Cl2F2O/c8-4-1-3(7(10)11)6(12)2-5(4)9/h1-2,7,12H. The summed E-state index contributed by atoms with van der Waals surface area (Å²) in [4.78, 5) is 0. The second-order valence-corrected chi connectivity index (χ2v) is 2.94. The molecule has 0 spiro atoms. The molecule has 0 saturated carbocycles. The van der Waals surface area contributed by atoms with Crippen LogP contribution in [0.15, 0.2) is 12.1 Å². The number of alkyl halides is 2. The van der Waals surface area contributed by atoms with Crippen molar-refractivity contribution < 1.29 is 13.9 Å². The highest BCUT2D eigenvalue weighted by molar-refractivity contribution is 6.42. The van der Waals surface area contributed by atoms with E-state index in [1.54, 1.807) is 0 Å². The lowest BCUT2D eigenvalue weighted by atomic mass is 10.2. The van der Waals surface area contributed by atoms with Gasteiger partial charge in [-0.3, -0.25) is 0 Å². The van der Waals surface area contributed by atoms with Crippen molar-refractivity contribution in [2.24, 2.45) is 0 Å². The van der Waals surface area contributed by atoms with E-state index in [-0.39, 0.29) is 10.0 Å². The van der Waals surface area contributed by atoms with Crippen molar-refractivity contribution in [2.75, 3.05) is 0 Å². The second kappa shape index (κ2) is 3.46. The Bertz CT molecular complexity index is 302. The Kier molecular flexibility index (Phi) is 2.75. The maximum atomic E-state index is 12.1. The van der Waals surface area contributed by atoms with Gasteiger partial charge in [0.15, 0.2) is 0 Å². The SMILES string of the molecule is Oc1cc(Cl)c(Cl)cc1C(F)F. The molecule has 0 amide bonds. The molecular formula is C7H4Cl2F2O. The maximum Gasteiger partial charge on any atom is 0.267 e. The number of phenolic OH excluding ortho intramolecular Hbond substituents is 1. The molecule has 0 fully saturated rings. The minimum atomic E-state index is -2.75. The molecular weight excluding hydrogens is 209 g/mol. The molecule has 1 nitrogen and oxygen atoms in total. The number of benzene rings is 1. The molecule has 0 aliphatic carbocycles.